The van der Waals surface area contributed by atoms with Crippen molar-refractivity contribution in [2.24, 2.45) is 0 Å². The summed E-state index contributed by atoms with van der Waals surface area (Å²) in [6.45, 7) is 0.599. The highest BCUT2D eigenvalue weighted by Crippen LogP contribution is 2.23. The number of nitrogens with one attached hydrogen (secondary N) is 1. The molecule has 1 saturated carbocycles. The summed E-state index contributed by atoms with van der Waals surface area (Å²) in [6.07, 6.45) is 4.75. The van der Waals surface area contributed by atoms with Gasteiger partial charge in [0.1, 0.15) is 0 Å². The maximum Gasteiger partial charge on any atom is 0.214 e. The molecule has 13 heavy (non-hydrogen) atoms. The van der Waals surface area contributed by atoms with Crippen LogP contribution in [0.25, 0.3) is 0 Å². The summed E-state index contributed by atoms with van der Waals surface area (Å²) >= 11 is 2.25. The van der Waals surface area contributed by atoms with E-state index in [1.54, 1.807) is 0 Å². The van der Waals surface area contributed by atoms with Gasteiger partial charge in [0.05, 0.1) is 5.25 Å². The summed E-state index contributed by atoms with van der Waals surface area (Å²) in [4.78, 5) is 0. The SMILES string of the molecule is O=S(=O)(NCCCI)C1CCCC1. The maximum atomic E-state index is 11.6. The average molecular weight is 317 g/mol. The topological polar surface area (TPSA) is 46.2 Å². The van der Waals surface area contributed by atoms with Crippen molar-refractivity contribution in [1.29, 1.82) is 0 Å². The molecule has 1 fully saturated rings. The van der Waals surface area contributed by atoms with Crippen LogP contribution in [0.4, 0.5) is 0 Å². The van der Waals surface area contributed by atoms with E-state index < -0.39 is 10.0 Å². The Hall–Kier alpha value is 0.640. The number of hydrogen-bond donors (Lipinski definition) is 1. The van der Waals surface area contributed by atoms with Crippen LogP contribution in [-0.4, -0.2) is 24.6 Å². The highest BCUT2D eigenvalue weighted by Gasteiger charge is 2.27. The quantitative estimate of drug-likeness (QED) is 0.476. The molecule has 3 nitrogen and oxygen atoms in total. The third-order valence-electron chi connectivity index (χ3n) is 2.35. The summed E-state index contributed by atoms with van der Waals surface area (Å²) in [5, 5.41) is -0.110. The summed E-state index contributed by atoms with van der Waals surface area (Å²) in [6, 6.07) is 0. The van der Waals surface area contributed by atoms with Crippen molar-refractivity contribution in [3.8, 4) is 0 Å². The highest BCUT2D eigenvalue weighted by molar-refractivity contribution is 14.1. The van der Waals surface area contributed by atoms with E-state index in [2.05, 4.69) is 27.3 Å². The molecule has 1 aliphatic rings. The number of alkyl halides is 1. The summed E-state index contributed by atoms with van der Waals surface area (Å²) in [5.41, 5.74) is 0. The second-order valence-corrected chi connectivity index (χ2v) is 6.51. The molecule has 0 unspecified atom stereocenters. The number of sulfonamides is 1. The summed E-state index contributed by atoms with van der Waals surface area (Å²) < 4.78 is 26.9. The maximum absolute atomic E-state index is 11.6. The molecule has 78 valence electrons. The van der Waals surface area contributed by atoms with E-state index in [1.807, 2.05) is 0 Å². The van der Waals surface area contributed by atoms with Crippen molar-refractivity contribution in [1.82, 2.24) is 4.72 Å². The zero-order chi connectivity index (χ0) is 9.73. The molecule has 0 spiro atoms. The predicted octanol–water partition coefficient (Wildman–Crippen LogP) is 1.67. The van der Waals surface area contributed by atoms with Crippen molar-refractivity contribution in [3.63, 3.8) is 0 Å². The molecule has 1 aliphatic carbocycles. The second kappa shape index (κ2) is 5.50. The van der Waals surface area contributed by atoms with Crippen molar-refractivity contribution in [2.75, 3.05) is 11.0 Å². The molecular formula is C8H16INO2S. The smallest absolute Gasteiger partial charge is 0.214 e. The van der Waals surface area contributed by atoms with Gasteiger partial charge in [-0.2, -0.15) is 0 Å². The monoisotopic (exact) mass is 317 g/mol. The van der Waals surface area contributed by atoms with Crippen LogP contribution in [0.15, 0.2) is 0 Å². The first kappa shape index (κ1) is 11.7. The number of halogens is 1. The van der Waals surface area contributed by atoms with Crippen molar-refractivity contribution in [2.45, 2.75) is 37.4 Å². The first-order valence-corrected chi connectivity index (χ1v) is 7.78. The van der Waals surface area contributed by atoms with Gasteiger partial charge in [-0.15, -0.1) is 0 Å². The summed E-state index contributed by atoms with van der Waals surface area (Å²) in [5.74, 6) is 0. The minimum Gasteiger partial charge on any atom is -0.215 e. The lowest BCUT2D eigenvalue weighted by atomic mass is 10.4. The van der Waals surface area contributed by atoms with Gasteiger partial charge in [-0.3, -0.25) is 0 Å². The first-order valence-electron chi connectivity index (χ1n) is 4.71. The van der Waals surface area contributed by atoms with E-state index >= 15 is 0 Å². The molecular weight excluding hydrogens is 301 g/mol. The molecule has 0 aliphatic heterocycles. The van der Waals surface area contributed by atoms with Gasteiger partial charge in [-0.1, -0.05) is 35.4 Å². The first-order chi connectivity index (χ1) is 6.17. The average Bonchev–Trinajstić information content (AvgIpc) is 2.56. The Balaban J connectivity index is 2.36. The van der Waals surface area contributed by atoms with Crippen LogP contribution in [0.3, 0.4) is 0 Å². The minimum atomic E-state index is -2.99. The Bertz CT molecular complexity index is 235. The Morgan fingerprint density at radius 3 is 2.46 bits per heavy atom. The minimum absolute atomic E-state index is 0.110. The normalized spacial score (nSPS) is 19.5. The van der Waals surface area contributed by atoms with Gasteiger partial charge in [-0.25, -0.2) is 13.1 Å². The zero-order valence-corrected chi connectivity index (χ0v) is 10.6. The Morgan fingerprint density at radius 1 is 1.31 bits per heavy atom. The third kappa shape index (κ3) is 3.71. The molecule has 0 aromatic rings. The van der Waals surface area contributed by atoms with E-state index in [-0.39, 0.29) is 5.25 Å². The molecule has 0 aromatic heterocycles. The lowest BCUT2D eigenvalue weighted by Gasteiger charge is -2.11. The van der Waals surface area contributed by atoms with E-state index in [1.165, 1.54) is 0 Å². The molecule has 0 aromatic carbocycles. The molecule has 0 heterocycles. The van der Waals surface area contributed by atoms with Crippen LogP contribution < -0.4 is 4.72 Å². The van der Waals surface area contributed by atoms with E-state index in [0.717, 1.165) is 36.5 Å². The van der Waals surface area contributed by atoms with Crippen molar-refractivity contribution >= 4 is 32.6 Å². The van der Waals surface area contributed by atoms with E-state index in [4.69, 9.17) is 0 Å². The van der Waals surface area contributed by atoms with Crippen LogP contribution in [0.2, 0.25) is 0 Å². The third-order valence-corrected chi connectivity index (χ3v) is 5.07. The highest BCUT2D eigenvalue weighted by atomic mass is 127. The second-order valence-electron chi connectivity index (χ2n) is 3.39. The largest absolute Gasteiger partial charge is 0.215 e. The van der Waals surface area contributed by atoms with Gasteiger partial charge in [-0.05, 0) is 19.3 Å². The van der Waals surface area contributed by atoms with Gasteiger partial charge in [0, 0.05) is 11.0 Å². The zero-order valence-electron chi connectivity index (χ0n) is 7.63. The standard InChI is InChI=1S/C8H16INO2S/c9-6-3-7-10-13(11,12)8-4-1-2-5-8/h8,10H,1-7H2. The van der Waals surface area contributed by atoms with E-state index in [0.29, 0.717) is 6.54 Å². The van der Waals surface area contributed by atoms with Crippen molar-refractivity contribution in [3.05, 3.63) is 0 Å². The molecule has 5 heteroatoms. The fraction of sp³-hybridized carbons (Fsp3) is 1.00. The van der Waals surface area contributed by atoms with Crippen LogP contribution in [-0.2, 0) is 10.0 Å². The molecule has 1 rings (SSSR count). The molecule has 0 saturated heterocycles. The van der Waals surface area contributed by atoms with Crippen LogP contribution in [0, 0.1) is 0 Å². The Kier molecular flexibility index (Phi) is 4.96. The Labute approximate surface area is 93.9 Å². The van der Waals surface area contributed by atoms with E-state index in [9.17, 15) is 8.42 Å². The van der Waals surface area contributed by atoms with Gasteiger partial charge in [0.25, 0.3) is 0 Å². The Morgan fingerprint density at radius 2 is 1.92 bits per heavy atom. The predicted molar refractivity (Wildman–Crippen MR) is 62.7 cm³/mol. The fourth-order valence-electron chi connectivity index (χ4n) is 1.60. The lowest BCUT2D eigenvalue weighted by Crippen LogP contribution is -2.33. The van der Waals surface area contributed by atoms with Crippen LogP contribution in [0.5, 0.6) is 0 Å². The van der Waals surface area contributed by atoms with Crippen LogP contribution >= 0.6 is 22.6 Å². The van der Waals surface area contributed by atoms with Gasteiger partial charge in [0.2, 0.25) is 10.0 Å². The van der Waals surface area contributed by atoms with Gasteiger partial charge >= 0.3 is 0 Å². The van der Waals surface area contributed by atoms with Gasteiger partial charge < -0.3 is 0 Å². The van der Waals surface area contributed by atoms with Gasteiger partial charge in [0.15, 0.2) is 0 Å². The molecule has 0 amide bonds. The van der Waals surface area contributed by atoms with Crippen LogP contribution in [0.1, 0.15) is 32.1 Å². The molecule has 0 atom stereocenters. The molecule has 0 bridgehead atoms. The number of rotatable bonds is 5. The van der Waals surface area contributed by atoms with Crippen molar-refractivity contribution < 1.29 is 8.42 Å². The lowest BCUT2D eigenvalue weighted by molar-refractivity contribution is 0.564. The fourth-order valence-corrected chi connectivity index (χ4v) is 3.60. The molecule has 0 radical (unpaired) electrons. The molecule has 1 N–H and O–H groups in total. The summed E-state index contributed by atoms with van der Waals surface area (Å²) in [7, 11) is -2.99. The number of hydrogen-bond acceptors (Lipinski definition) is 2.